The zero-order valence-corrected chi connectivity index (χ0v) is 14.4. The predicted molar refractivity (Wildman–Crippen MR) is 98.5 cm³/mol. The van der Waals surface area contributed by atoms with E-state index in [4.69, 9.17) is 5.73 Å². The quantitative estimate of drug-likeness (QED) is 0.857. The monoisotopic (exact) mass is 337 g/mol. The summed E-state index contributed by atoms with van der Waals surface area (Å²) in [5, 5.41) is 0. The molecule has 1 aliphatic heterocycles. The van der Waals surface area contributed by atoms with Crippen molar-refractivity contribution < 1.29 is 9.59 Å². The Kier molecular flexibility index (Phi) is 5.03. The van der Waals surface area contributed by atoms with Crippen LogP contribution in [-0.2, 0) is 0 Å². The van der Waals surface area contributed by atoms with Crippen molar-refractivity contribution in [3.63, 3.8) is 0 Å². The van der Waals surface area contributed by atoms with E-state index < -0.39 is 0 Å². The van der Waals surface area contributed by atoms with Crippen molar-refractivity contribution in [1.82, 2.24) is 9.80 Å². The number of nitrogen functional groups attached to an aromatic ring is 1. The van der Waals surface area contributed by atoms with Gasteiger partial charge < -0.3 is 15.5 Å². The van der Waals surface area contributed by atoms with Crippen molar-refractivity contribution in [2.45, 2.75) is 13.3 Å². The summed E-state index contributed by atoms with van der Waals surface area (Å²) in [4.78, 5) is 29.0. The molecule has 2 amide bonds. The van der Waals surface area contributed by atoms with Gasteiger partial charge in [0.15, 0.2) is 0 Å². The van der Waals surface area contributed by atoms with Crippen LogP contribution in [0, 0.1) is 6.92 Å². The summed E-state index contributed by atoms with van der Waals surface area (Å²) in [6.07, 6.45) is 0.769. The van der Waals surface area contributed by atoms with Crippen LogP contribution in [0.2, 0.25) is 0 Å². The first-order valence-corrected chi connectivity index (χ1v) is 8.55. The van der Waals surface area contributed by atoms with Crippen LogP contribution < -0.4 is 5.73 Å². The molecule has 0 unspecified atom stereocenters. The molecule has 3 rings (SSSR count). The Morgan fingerprint density at radius 3 is 1.96 bits per heavy atom. The SMILES string of the molecule is Cc1cccc(C(=O)N2CCCN(C(=O)c3cccc(N)c3)CC2)c1. The van der Waals surface area contributed by atoms with Gasteiger partial charge in [-0.05, 0) is 43.7 Å². The van der Waals surface area contributed by atoms with E-state index in [1.807, 2.05) is 36.1 Å². The maximum Gasteiger partial charge on any atom is 0.253 e. The Bertz CT molecular complexity index is 723. The highest BCUT2D eigenvalue weighted by atomic mass is 16.2. The minimum atomic E-state index is -0.0304. The molecule has 25 heavy (non-hydrogen) atoms. The number of rotatable bonds is 2. The first-order valence-electron chi connectivity index (χ1n) is 8.55. The van der Waals surface area contributed by atoms with Gasteiger partial charge in [0, 0.05) is 43.0 Å². The van der Waals surface area contributed by atoms with Gasteiger partial charge >= 0.3 is 0 Å². The van der Waals surface area contributed by atoms with Crippen molar-refractivity contribution in [3.8, 4) is 0 Å². The van der Waals surface area contributed by atoms with Crippen LogP contribution in [0.4, 0.5) is 5.69 Å². The largest absolute Gasteiger partial charge is 0.399 e. The van der Waals surface area contributed by atoms with Crippen molar-refractivity contribution in [2.75, 3.05) is 31.9 Å². The molecule has 5 heteroatoms. The van der Waals surface area contributed by atoms with Gasteiger partial charge in [0.2, 0.25) is 0 Å². The number of anilines is 1. The molecule has 0 spiro atoms. The van der Waals surface area contributed by atoms with Crippen molar-refractivity contribution in [2.24, 2.45) is 0 Å². The molecule has 0 atom stereocenters. The lowest BCUT2D eigenvalue weighted by atomic mass is 10.1. The highest BCUT2D eigenvalue weighted by molar-refractivity contribution is 5.96. The molecule has 2 aromatic carbocycles. The zero-order chi connectivity index (χ0) is 17.8. The van der Waals surface area contributed by atoms with Crippen LogP contribution in [0.1, 0.15) is 32.7 Å². The number of aryl methyl sites for hydroxylation is 1. The summed E-state index contributed by atoms with van der Waals surface area (Å²) in [7, 11) is 0. The molecule has 0 aromatic heterocycles. The topological polar surface area (TPSA) is 66.6 Å². The van der Waals surface area contributed by atoms with E-state index in [1.54, 1.807) is 29.2 Å². The number of hydrogen-bond acceptors (Lipinski definition) is 3. The summed E-state index contributed by atoms with van der Waals surface area (Å²) in [6, 6.07) is 14.7. The van der Waals surface area contributed by atoms with Gasteiger partial charge in [-0.2, -0.15) is 0 Å². The molecule has 0 saturated carbocycles. The third kappa shape index (κ3) is 3.99. The maximum absolute atomic E-state index is 12.7. The van der Waals surface area contributed by atoms with Crippen LogP contribution in [0.5, 0.6) is 0 Å². The maximum atomic E-state index is 12.7. The lowest BCUT2D eigenvalue weighted by molar-refractivity contribution is 0.0719. The molecule has 0 bridgehead atoms. The van der Waals surface area contributed by atoms with E-state index >= 15 is 0 Å². The molecular formula is C20H23N3O2. The van der Waals surface area contributed by atoms with E-state index in [1.165, 1.54) is 0 Å². The molecule has 0 aliphatic carbocycles. The third-order valence-electron chi connectivity index (χ3n) is 4.47. The normalized spacial score (nSPS) is 14.9. The van der Waals surface area contributed by atoms with Crippen molar-refractivity contribution in [1.29, 1.82) is 0 Å². The Labute approximate surface area is 148 Å². The Morgan fingerprint density at radius 2 is 1.40 bits per heavy atom. The number of nitrogens with zero attached hydrogens (tertiary/aromatic N) is 2. The Balaban J connectivity index is 1.68. The van der Waals surface area contributed by atoms with E-state index in [0.717, 1.165) is 12.0 Å². The van der Waals surface area contributed by atoms with Gasteiger partial charge in [-0.1, -0.05) is 23.8 Å². The first-order chi connectivity index (χ1) is 12.0. The second kappa shape index (κ2) is 7.38. The fourth-order valence-corrected chi connectivity index (χ4v) is 3.14. The molecule has 2 N–H and O–H groups in total. The number of benzene rings is 2. The lowest BCUT2D eigenvalue weighted by Crippen LogP contribution is -2.37. The number of hydrogen-bond donors (Lipinski definition) is 1. The summed E-state index contributed by atoms with van der Waals surface area (Å²) < 4.78 is 0. The number of amides is 2. The molecule has 1 saturated heterocycles. The number of carbonyl (C=O) groups excluding carboxylic acids is 2. The second-order valence-electron chi connectivity index (χ2n) is 6.43. The average Bonchev–Trinajstić information content (AvgIpc) is 2.86. The van der Waals surface area contributed by atoms with Crippen molar-refractivity contribution >= 4 is 17.5 Å². The fraction of sp³-hybridized carbons (Fsp3) is 0.300. The van der Waals surface area contributed by atoms with Gasteiger partial charge in [0.1, 0.15) is 0 Å². The number of nitrogens with two attached hydrogens (primary N) is 1. The van der Waals surface area contributed by atoms with Crippen LogP contribution in [0.25, 0.3) is 0 Å². The highest BCUT2D eigenvalue weighted by Gasteiger charge is 2.23. The zero-order valence-electron chi connectivity index (χ0n) is 14.4. The van der Waals surface area contributed by atoms with Gasteiger partial charge in [-0.15, -0.1) is 0 Å². The van der Waals surface area contributed by atoms with Crippen LogP contribution >= 0.6 is 0 Å². The molecule has 1 heterocycles. The predicted octanol–water partition coefficient (Wildman–Crippen LogP) is 2.57. The van der Waals surface area contributed by atoms with Crippen LogP contribution in [-0.4, -0.2) is 47.8 Å². The van der Waals surface area contributed by atoms with E-state index in [9.17, 15) is 9.59 Å². The summed E-state index contributed by atoms with van der Waals surface area (Å²) in [5.74, 6) is -0.000825. The molecule has 0 radical (unpaired) electrons. The molecule has 1 aliphatic rings. The average molecular weight is 337 g/mol. The van der Waals surface area contributed by atoms with Gasteiger partial charge in [0.05, 0.1) is 0 Å². The molecule has 5 nitrogen and oxygen atoms in total. The smallest absolute Gasteiger partial charge is 0.253 e. The lowest BCUT2D eigenvalue weighted by Gasteiger charge is -2.22. The minimum absolute atomic E-state index is 0.0296. The van der Waals surface area contributed by atoms with E-state index in [0.29, 0.717) is 43.0 Å². The summed E-state index contributed by atoms with van der Waals surface area (Å²) in [5.41, 5.74) is 8.72. The van der Waals surface area contributed by atoms with Crippen LogP contribution in [0.3, 0.4) is 0 Å². The van der Waals surface area contributed by atoms with Gasteiger partial charge in [0.25, 0.3) is 11.8 Å². The fourth-order valence-electron chi connectivity index (χ4n) is 3.14. The standard InChI is InChI=1S/C20H23N3O2/c1-15-5-2-6-16(13-15)19(24)22-9-4-10-23(12-11-22)20(25)17-7-3-8-18(21)14-17/h2-3,5-8,13-14H,4,9-12,21H2,1H3. The molecular weight excluding hydrogens is 314 g/mol. The van der Waals surface area contributed by atoms with Crippen LogP contribution in [0.15, 0.2) is 48.5 Å². The van der Waals surface area contributed by atoms with E-state index in [2.05, 4.69) is 0 Å². The molecule has 1 fully saturated rings. The second-order valence-corrected chi connectivity index (χ2v) is 6.43. The minimum Gasteiger partial charge on any atom is -0.399 e. The first kappa shape index (κ1) is 17.0. The van der Waals surface area contributed by atoms with E-state index in [-0.39, 0.29) is 11.8 Å². The summed E-state index contributed by atoms with van der Waals surface area (Å²) >= 11 is 0. The molecule has 2 aromatic rings. The highest BCUT2D eigenvalue weighted by Crippen LogP contribution is 2.14. The van der Waals surface area contributed by atoms with Gasteiger partial charge in [-0.3, -0.25) is 9.59 Å². The Hall–Kier alpha value is -2.82. The number of carbonyl (C=O) groups is 2. The molecule has 130 valence electrons. The summed E-state index contributed by atoms with van der Waals surface area (Å²) in [6.45, 7) is 4.36. The van der Waals surface area contributed by atoms with Crippen molar-refractivity contribution in [3.05, 3.63) is 65.2 Å². The van der Waals surface area contributed by atoms with Gasteiger partial charge in [-0.25, -0.2) is 0 Å². The third-order valence-corrected chi connectivity index (χ3v) is 4.47. The Morgan fingerprint density at radius 1 is 0.840 bits per heavy atom.